The highest BCUT2D eigenvalue weighted by Gasteiger charge is 2.08. The van der Waals surface area contributed by atoms with Gasteiger partial charge in [-0.3, -0.25) is 4.79 Å². The summed E-state index contributed by atoms with van der Waals surface area (Å²) in [7, 11) is 0. The quantitative estimate of drug-likeness (QED) is 0.467. The van der Waals surface area contributed by atoms with E-state index in [-0.39, 0.29) is 18.2 Å². The maximum Gasteiger partial charge on any atom is 0.276 e. The van der Waals surface area contributed by atoms with E-state index in [1.807, 2.05) is 12.1 Å². The normalized spacial score (nSPS) is 10.1. The molecule has 0 bridgehead atoms. The first kappa shape index (κ1) is 13.9. The van der Waals surface area contributed by atoms with Crippen molar-refractivity contribution in [3.8, 4) is 0 Å². The summed E-state index contributed by atoms with van der Waals surface area (Å²) in [6.07, 6.45) is 0.591. The number of hydrogen-bond acceptors (Lipinski definition) is 6. The second-order valence-corrected chi connectivity index (χ2v) is 4.07. The average Bonchev–Trinajstić information content (AvgIpc) is 2.49. The first-order valence-corrected chi connectivity index (χ1v) is 6.04. The Hall–Kier alpha value is -2.51. The van der Waals surface area contributed by atoms with Crippen molar-refractivity contribution in [2.45, 2.75) is 6.42 Å². The molecular formula is C13H15N5O2. The fraction of sp³-hybridized carbons (Fsp3) is 0.154. The minimum Gasteiger partial charge on any atom is -0.396 e. The van der Waals surface area contributed by atoms with Gasteiger partial charge in [0.05, 0.1) is 0 Å². The van der Waals surface area contributed by atoms with Crippen LogP contribution in [0.4, 0.5) is 11.5 Å². The molecule has 5 N–H and O–H groups in total. The summed E-state index contributed by atoms with van der Waals surface area (Å²) >= 11 is 0. The molecule has 0 spiro atoms. The van der Waals surface area contributed by atoms with Crippen LogP contribution in [0.1, 0.15) is 16.1 Å². The molecule has 104 valence electrons. The molecule has 1 aromatic carbocycles. The number of rotatable bonds is 5. The monoisotopic (exact) mass is 273 g/mol. The van der Waals surface area contributed by atoms with Crippen molar-refractivity contribution in [1.29, 1.82) is 0 Å². The van der Waals surface area contributed by atoms with Crippen molar-refractivity contribution in [3.63, 3.8) is 0 Å². The second kappa shape index (κ2) is 6.60. The predicted molar refractivity (Wildman–Crippen MR) is 75.0 cm³/mol. The minimum atomic E-state index is -0.351. The van der Waals surface area contributed by atoms with Crippen LogP contribution in [-0.2, 0) is 6.42 Å². The Balaban J connectivity index is 2.02. The smallest absolute Gasteiger partial charge is 0.276 e. The van der Waals surface area contributed by atoms with Crippen molar-refractivity contribution in [2.24, 2.45) is 5.84 Å². The van der Waals surface area contributed by atoms with Crippen LogP contribution in [0.15, 0.2) is 36.4 Å². The first-order valence-electron chi connectivity index (χ1n) is 6.04. The van der Waals surface area contributed by atoms with Crippen LogP contribution < -0.4 is 16.6 Å². The SMILES string of the molecule is NNc1ccc(C(=O)Nc2ccc(CCO)cc2)nn1. The summed E-state index contributed by atoms with van der Waals surface area (Å²) in [5.41, 5.74) is 4.19. The number of aliphatic hydroxyl groups is 1. The molecule has 7 nitrogen and oxygen atoms in total. The molecule has 0 saturated heterocycles. The number of hydrogen-bond donors (Lipinski definition) is 4. The Morgan fingerprint density at radius 1 is 1.15 bits per heavy atom. The van der Waals surface area contributed by atoms with E-state index in [0.29, 0.717) is 17.9 Å². The van der Waals surface area contributed by atoms with Gasteiger partial charge >= 0.3 is 0 Å². The Bertz CT molecular complexity index is 568. The lowest BCUT2D eigenvalue weighted by molar-refractivity contribution is 0.102. The number of aromatic nitrogens is 2. The Labute approximate surface area is 115 Å². The number of nitrogens with two attached hydrogens (primary N) is 1. The lowest BCUT2D eigenvalue weighted by atomic mass is 10.1. The van der Waals surface area contributed by atoms with Gasteiger partial charge in [0.25, 0.3) is 5.91 Å². The van der Waals surface area contributed by atoms with Gasteiger partial charge in [-0.1, -0.05) is 12.1 Å². The van der Waals surface area contributed by atoms with Crippen LogP contribution >= 0.6 is 0 Å². The summed E-state index contributed by atoms with van der Waals surface area (Å²) in [5, 5.41) is 19.0. The van der Waals surface area contributed by atoms with Crippen LogP contribution in [-0.4, -0.2) is 27.8 Å². The lowest BCUT2D eigenvalue weighted by Gasteiger charge is -2.06. The third-order valence-electron chi connectivity index (χ3n) is 2.66. The van der Waals surface area contributed by atoms with Crippen LogP contribution in [0.2, 0.25) is 0 Å². The van der Waals surface area contributed by atoms with Gasteiger partial charge in [-0.05, 0) is 36.2 Å². The number of anilines is 2. The molecule has 1 aromatic heterocycles. The number of aliphatic hydroxyl groups excluding tert-OH is 1. The standard InChI is InChI=1S/C13H15N5O2/c14-16-12-6-5-11(17-18-12)13(20)15-10-3-1-9(2-4-10)7-8-19/h1-6,19H,7-8,14H2,(H,15,20)(H,16,18). The number of nitrogen functional groups attached to an aromatic ring is 1. The van der Waals surface area contributed by atoms with Gasteiger partial charge in [0.15, 0.2) is 11.5 Å². The number of amides is 1. The molecule has 0 aliphatic heterocycles. The highest BCUT2D eigenvalue weighted by Crippen LogP contribution is 2.11. The van der Waals surface area contributed by atoms with E-state index in [0.717, 1.165) is 5.56 Å². The maximum atomic E-state index is 11.9. The third-order valence-corrected chi connectivity index (χ3v) is 2.66. The molecule has 2 rings (SSSR count). The van der Waals surface area contributed by atoms with Crippen molar-refractivity contribution in [1.82, 2.24) is 10.2 Å². The van der Waals surface area contributed by atoms with Crippen LogP contribution in [0.25, 0.3) is 0 Å². The zero-order valence-electron chi connectivity index (χ0n) is 10.7. The fourth-order valence-electron chi connectivity index (χ4n) is 1.61. The largest absolute Gasteiger partial charge is 0.396 e. The van der Waals surface area contributed by atoms with E-state index in [2.05, 4.69) is 20.9 Å². The predicted octanol–water partition coefficient (Wildman–Crippen LogP) is 0.549. The highest BCUT2D eigenvalue weighted by molar-refractivity contribution is 6.02. The zero-order chi connectivity index (χ0) is 14.4. The van der Waals surface area contributed by atoms with Gasteiger partial charge in [-0.15, -0.1) is 10.2 Å². The van der Waals surface area contributed by atoms with E-state index in [9.17, 15) is 4.79 Å². The summed E-state index contributed by atoms with van der Waals surface area (Å²) in [6.45, 7) is 0.100. The summed E-state index contributed by atoms with van der Waals surface area (Å²) in [6, 6.07) is 10.3. The molecule has 2 aromatic rings. The van der Waals surface area contributed by atoms with Gasteiger partial charge in [0.1, 0.15) is 0 Å². The summed E-state index contributed by atoms with van der Waals surface area (Å²) < 4.78 is 0. The van der Waals surface area contributed by atoms with E-state index in [4.69, 9.17) is 10.9 Å². The topological polar surface area (TPSA) is 113 Å². The number of nitrogens with one attached hydrogen (secondary N) is 2. The van der Waals surface area contributed by atoms with Crippen molar-refractivity contribution >= 4 is 17.4 Å². The highest BCUT2D eigenvalue weighted by atomic mass is 16.3. The number of hydrazine groups is 1. The molecule has 7 heteroatoms. The van der Waals surface area contributed by atoms with Crippen LogP contribution in [0.5, 0.6) is 0 Å². The molecule has 1 heterocycles. The number of nitrogens with zero attached hydrogens (tertiary/aromatic N) is 2. The third kappa shape index (κ3) is 3.50. The molecule has 0 atom stereocenters. The number of carbonyl (C=O) groups is 1. The fourth-order valence-corrected chi connectivity index (χ4v) is 1.61. The molecule has 0 unspecified atom stereocenters. The maximum absolute atomic E-state index is 11.9. The first-order chi connectivity index (χ1) is 9.72. The van der Waals surface area contributed by atoms with Gasteiger partial charge in [0, 0.05) is 12.3 Å². The van der Waals surface area contributed by atoms with Gasteiger partial charge < -0.3 is 15.8 Å². The number of carbonyl (C=O) groups excluding carboxylic acids is 1. The molecule has 0 aliphatic carbocycles. The molecular weight excluding hydrogens is 258 g/mol. The molecule has 1 amide bonds. The summed E-state index contributed by atoms with van der Waals surface area (Å²) in [5.74, 6) is 5.20. The summed E-state index contributed by atoms with van der Waals surface area (Å²) in [4.78, 5) is 11.9. The molecule has 0 saturated carbocycles. The molecule has 0 aliphatic rings. The van der Waals surface area contributed by atoms with Gasteiger partial charge in [-0.25, -0.2) is 5.84 Å². The van der Waals surface area contributed by atoms with Crippen molar-refractivity contribution in [2.75, 3.05) is 17.3 Å². The van der Waals surface area contributed by atoms with Crippen LogP contribution in [0, 0.1) is 0 Å². The lowest BCUT2D eigenvalue weighted by Crippen LogP contribution is -2.16. The molecule has 0 fully saturated rings. The van der Waals surface area contributed by atoms with E-state index >= 15 is 0 Å². The Morgan fingerprint density at radius 2 is 1.90 bits per heavy atom. The average molecular weight is 273 g/mol. The molecule has 20 heavy (non-hydrogen) atoms. The Morgan fingerprint density at radius 3 is 2.45 bits per heavy atom. The molecule has 0 radical (unpaired) electrons. The van der Waals surface area contributed by atoms with Crippen molar-refractivity contribution in [3.05, 3.63) is 47.7 Å². The van der Waals surface area contributed by atoms with E-state index < -0.39 is 0 Å². The van der Waals surface area contributed by atoms with Gasteiger partial charge in [0.2, 0.25) is 0 Å². The zero-order valence-corrected chi connectivity index (χ0v) is 10.7. The van der Waals surface area contributed by atoms with Crippen LogP contribution in [0.3, 0.4) is 0 Å². The minimum absolute atomic E-state index is 0.100. The second-order valence-electron chi connectivity index (χ2n) is 4.07. The van der Waals surface area contributed by atoms with Crippen molar-refractivity contribution < 1.29 is 9.90 Å². The Kier molecular flexibility index (Phi) is 4.59. The van der Waals surface area contributed by atoms with E-state index in [1.54, 1.807) is 18.2 Å². The van der Waals surface area contributed by atoms with E-state index in [1.165, 1.54) is 6.07 Å². The van der Waals surface area contributed by atoms with Gasteiger partial charge in [-0.2, -0.15) is 0 Å². The number of benzene rings is 1.